The predicted molar refractivity (Wildman–Crippen MR) is 118 cm³/mol. The molecule has 0 radical (unpaired) electrons. The summed E-state index contributed by atoms with van der Waals surface area (Å²) in [5.41, 5.74) is 1.85. The molecule has 1 unspecified atom stereocenters. The van der Waals surface area contributed by atoms with E-state index < -0.39 is 0 Å². The van der Waals surface area contributed by atoms with Crippen molar-refractivity contribution in [1.82, 2.24) is 25.4 Å². The van der Waals surface area contributed by atoms with E-state index >= 15 is 0 Å². The zero-order valence-corrected chi connectivity index (χ0v) is 18.5. The maximum absolute atomic E-state index is 12.0. The predicted octanol–water partition coefficient (Wildman–Crippen LogP) is 2.28. The number of rotatable bonds is 7. The van der Waals surface area contributed by atoms with Crippen LogP contribution < -0.4 is 16.0 Å². The van der Waals surface area contributed by atoms with Crippen LogP contribution in [0.15, 0.2) is 35.6 Å². The van der Waals surface area contributed by atoms with Gasteiger partial charge < -0.3 is 16.0 Å². The molecule has 2 aromatic rings. The number of aromatic nitrogens is 3. The van der Waals surface area contributed by atoms with Crippen LogP contribution in [0.5, 0.6) is 0 Å². The second kappa shape index (κ2) is 11.5. The van der Waals surface area contributed by atoms with E-state index in [1.54, 1.807) is 11.7 Å². The highest BCUT2D eigenvalue weighted by molar-refractivity contribution is 14.0. The molecule has 0 spiro atoms. The number of anilines is 1. The van der Waals surface area contributed by atoms with E-state index in [0.29, 0.717) is 19.0 Å². The Hall–Kier alpha value is -2.17. The van der Waals surface area contributed by atoms with Crippen LogP contribution in [-0.2, 0) is 24.9 Å². The zero-order valence-electron chi connectivity index (χ0n) is 16.2. The van der Waals surface area contributed by atoms with E-state index in [9.17, 15) is 4.79 Å². The largest absolute Gasteiger partial charge is 0.352 e. The van der Waals surface area contributed by atoms with Crippen molar-refractivity contribution in [3.05, 3.63) is 42.0 Å². The van der Waals surface area contributed by atoms with Crippen LogP contribution in [0.4, 0.5) is 5.69 Å². The van der Waals surface area contributed by atoms with E-state index in [0.717, 1.165) is 23.5 Å². The van der Waals surface area contributed by atoms with Gasteiger partial charge in [-0.1, -0.05) is 26.0 Å². The minimum Gasteiger partial charge on any atom is -0.352 e. The first-order chi connectivity index (χ1) is 12.5. The Balaban J connectivity index is 0.00000364. The third-order valence-corrected chi connectivity index (χ3v) is 4.16. The fourth-order valence-corrected chi connectivity index (χ4v) is 2.26. The standard InChI is InChI=1S/C18H27N7O.HI/c1-5-13(2)17(26)24-15-8-6-7-14(9-15)10-20-18(19-3)21-11-16-22-12-23-25(16)4;/h6-9,12-13H,5,10-11H2,1-4H3,(H,24,26)(H2,19,20,21);1H. The summed E-state index contributed by atoms with van der Waals surface area (Å²) < 4.78 is 1.71. The summed E-state index contributed by atoms with van der Waals surface area (Å²) in [4.78, 5) is 20.4. The molecule has 1 amide bonds. The van der Waals surface area contributed by atoms with Gasteiger partial charge in [0.05, 0.1) is 6.54 Å². The van der Waals surface area contributed by atoms with Crippen molar-refractivity contribution < 1.29 is 4.79 Å². The van der Waals surface area contributed by atoms with Crippen molar-refractivity contribution in [3.8, 4) is 0 Å². The van der Waals surface area contributed by atoms with E-state index in [4.69, 9.17) is 0 Å². The van der Waals surface area contributed by atoms with Gasteiger partial charge in [-0.3, -0.25) is 14.5 Å². The Bertz CT molecular complexity index is 760. The highest BCUT2D eigenvalue weighted by Gasteiger charge is 2.10. The van der Waals surface area contributed by atoms with Crippen molar-refractivity contribution >= 4 is 41.5 Å². The molecule has 0 bridgehead atoms. The number of amides is 1. The molecular weight excluding hydrogens is 457 g/mol. The van der Waals surface area contributed by atoms with Crippen molar-refractivity contribution in [2.24, 2.45) is 18.0 Å². The molecule has 1 aromatic carbocycles. The van der Waals surface area contributed by atoms with Crippen molar-refractivity contribution in [2.75, 3.05) is 12.4 Å². The monoisotopic (exact) mass is 485 g/mol. The minimum atomic E-state index is 0. The van der Waals surface area contributed by atoms with Gasteiger partial charge in [0, 0.05) is 32.2 Å². The van der Waals surface area contributed by atoms with Crippen LogP contribution in [0, 0.1) is 5.92 Å². The molecule has 148 valence electrons. The van der Waals surface area contributed by atoms with Crippen molar-refractivity contribution in [1.29, 1.82) is 0 Å². The van der Waals surface area contributed by atoms with Crippen molar-refractivity contribution in [3.63, 3.8) is 0 Å². The smallest absolute Gasteiger partial charge is 0.227 e. The molecule has 3 N–H and O–H groups in total. The topological polar surface area (TPSA) is 96.2 Å². The lowest BCUT2D eigenvalue weighted by Crippen LogP contribution is -2.37. The number of nitrogens with one attached hydrogen (secondary N) is 3. The Morgan fingerprint density at radius 1 is 1.30 bits per heavy atom. The Labute approximate surface area is 177 Å². The first-order valence-corrected chi connectivity index (χ1v) is 8.70. The molecular formula is C18H28IN7O. The van der Waals surface area contributed by atoms with Gasteiger partial charge in [-0.25, -0.2) is 4.98 Å². The lowest BCUT2D eigenvalue weighted by atomic mass is 10.1. The van der Waals surface area contributed by atoms with Gasteiger partial charge >= 0.3 is 0 Å². The summed E-state index contributed by atoms with van der Waals surface area (Å²) >= 11 is 0. The first kappa shape index (κ1) is 22.9. The van der Waals surface area contributed by atoms with Crippen molar-refractivity contribution in [2.45, 2.75) is 33.4 Å². The van der Waals surface area contributed by atoms with Gasteiger partial charge in [0.2, 0.25) is 5.91 Å². The average molecular weight is 485 g/mol. The maximum atomic E-state index is 12.0. The number of carbonyl (C=O) groups excluding carboxylic acids is 1. The molecule has 1 aromatic heterocycles. The molecule has 1 atom stereocenters. The molecule has 9 heteroatoms. The number of halogens is 1. The van der Waals surface area contributed by atoms with Gasteiger partial charge in [0.15, 0.2) is 5.96 Å². The number of guanidine groups is 1. The van der Waals surface area contributed by atoms with Crippen LogP contribution >= 0.6 is 24.0 Å². The average Bonchev–Trinajstić information content (AvgIpc) is 3.06. The van der Waals surface area contributed by atoms with Crippen LogP contribution in [-0.4, -0.2) is 33.7 Å². The van der Waals surface area contributed by atoms with E-state index in [2.05, 4.69) is 31.0 Å². The van der Waals surface area contributed by atoms with Crippen LogP contribution in [0.2, 0.25) is 0 Å². The lowest BCUT2D eigenvalue weighted by Gasteiger charge is -2.13. The molecule has 0 saturated carbocycles. The Morgan fingerprint density at radius 3 is 2.67 bits per heavy atom. The summed E-state index contributed by atoms with van der Waals surface area (Å²) in [6.07, 6.45) is 2.34. The molecule has 0 fully saturated rings. The molecule has 0 aliphatic carbocycles. The number of hydrogen-bond donors (Lipinski definition) is 3. The molecule has 0 aliphatic heterocycles. The quantitative estimate of drug-likeness (QED) is 0.318. The Kier molecular flexibility index (Phi) is 9.76. The van der Waals surface area contributed by atoms with Gasteiger partial charge in [-0.15, -0.1) is 24.0 Å². The number of aliphatic imine (C=N–C) groups is 1. The molecule has 0 aliphatic rings. The normalized spacial score (nSPS) is 12.1. The minimum absolute atomic E-state index is 0. The molecule has 0 saturated heterocycles. The number of carbonyl (C=O) groups is 1. The highest BCUT2D eigenvalue weighted by Crippen LogP contribution is 2.13. The van der Waals surface area contributed by atoms with Gasteiger partial charge in [0.1, 0.15) is 12.2 Å². The lowest BCUT2D eigenvalue weighted by molar-refractivity contribution is -0.119. The number of benzene rings is 1. The fraction of sp³-hybridized carbons (Fsp3) is 0.444. The first-order valence-electron chi connectivity index (χ1n) is 8.70. The van der Waals surface area contributed by atoms with E-state index in [-0.39, 0.29) is 35.8 Å². The van der Waals surface area contributed by atoms with Crippen LogP contribution in [0.3, 0.4) is 0 Å². The summed E-state index contributed by atoms with van der Waals surface area (Å²) in [6, 6.07) is 7.79. The number of aryl methyl sites for hydroxylation is 1. The zero-order chi connectivity index (χ0) is 18.9. The molecule has 27 heavy (non-hydrogen) atoms. The van der Waals surface area contributed by atoms with Crippen LogP contribution in [0.25, 0.3) is 0 Å². The Morgan fingerprint density at radius 2 is 2.04 bits per heavy atom. The third-order valence-electron chi connectivity index (χ3n) is 4.16. The number of hydrogen-bond acceptors (Lipinski definition) is 4. The SMILES string of the molecule is CCC(C)C(=O)Nc1cccc(CNC(=NC)NCc2ncnn2C)c1.I. The summed E-state index contributed by atoms with van der Waals surface area (Å²) in [5, 5.41) is 13.4. The summed E-state index contributed by atoms with van der Waals surface area (Å²) in [7, 11) is 3.56. The van der Waals surface area contributed by atoms with Gasteiger partial charge in [-0.2, -0.15) is 5.10 Å². The second-order valence-electron chi connectivity index (χ2n) is 6.08. The maximum Gasteiger partial charge on any atom is 0.227 e. The van der Waals surface area contributed by atoms with Crippen LogP contribution in [0.1, 0.15) is 31.7 Å². The molecule has 1 heterocycles. The van der Waals surface area contributed by atoms with E-state index in [1.165, 1.54) is 6.33 Å². The third kappa shape index (κ3) is 7.16. The summed E-state index contributed by atoms with van der Waals surface area (Å²) in [6.45, 7) is 5.05. The highest BCUT2D eigenvalue weighted by atomic mass is 127. The summed E-state index contributed by atoms with van der Waals surface area (Å²) in [5.74, 6) is 1.53. The number of nitrogens with zero attached hydrogens (tertiary/aromatic N) is 4. The second-order valence-corrected chi connectivity index (χ2v) is 6.08. The molecule has 2 rings (SSSR count). The van der Waals surface area contributed by atoms with Gasteiger partial charge in [-0.05, 0) is 24.1 Å². The molecule has 8 nitrogen and oxygen atoms in total. The fourth-order valence-electron chi connectivity index (χ4n) is 2.26. The van der Waals surface area contributed by atoms with Gasteiger partial charge in [0.25, 0.3) is 0 Å². The van der Waals surface area contributed by atoms with E-state index in [1.807, 2.05) is 45.2 Å².